The number of rotatable bonds is 4. The van der Waals surface area contributed by atoms with E-state index >= 15 is 0 Å². The number of anilines is 1. The zero-order chi connectivity index (χ0) is 18.5. The van der Waals surface area contributed by atoms with Gasteiger partial charge in [0.25, 0.3) is 5.91 Å². The fraction of sp³-hybridized carbons (Fsp3) is 0.316. The monoisotopic (exact) mass is 356 g/mol. The molecule has 7 heteroatoms. The molecule has 0 atom stereocenters. The minimum Gasteiger partial charge on any atom is -0.380 e. The summed E-state index contributed by atoms with van der Waals surface area (Å²) in [7, 11) is 0. The number of piperazine rings is 1. The lowest BCUT2D eigenvalue weighted by Gasteiger charge is -2.34. The number of hydrogen-bond acceptors (Lipinski definition) is 4. The van der Waals surface area contributed by atoms with Gasteiger partial charge in [-0.15, -0.1) is 0 Å². The highest BCUT2D eigenvalue weighted by Gasteiger charge is 2.23. The van der Waals surface area contributed by atoms with Crippen molar-refractivity contribution in [3.8, 4) is 0 Å². The number of aromatic nitrogens is 1. The largest absolute Gasteiger partial charge is 0.380 e. The average Bonchev–Trinajstić information content (AvgIpc) is 2.67. The molecule has 0 unspecified atom stereocenters. The predicted octanol–water partition coefficient (Wildman–Crippen LogP) is 2.14. The van der Waals surface area contributed by atoms with Crippen molar-refractivity contribution in [2.24, 2.45) is 0 Å². The number of pyridine rings is 1. The first kappa shape index (κ1) is 17.8. The first-order valence-electron chi connectivity index (χ1n) is 8.52. The molecule has 136 valence electrons. The molecule has 0 aliphatic carbocycles. The molecule has 1 fully saturated rings. The molecular weight excluding hydrogens is 335 g/mol. The normalized spacial score (nSPS) is 14.2. The number of nitrogens with zero attached hydrogens (tertiary/aromatic N) is 3. The van der Waals surface area contributed by atoms with Crippen LogP contribution in [-0.4, -0.2) is 52.8 Å². The molecule has 1 aromatic carbocycles. The van der Waals surface area contributed by atoms with Crippen molar-refractivity contribution in [1.29, 1.82) is 0 Å². The van der Waals surface area contributed by atoms with E-state index in [1.54, 1.807) is 40.3 Å². The van der Waals surface area contributed by atoms with Gasteiger partial charge in [-0.05, 0) is 29.8 Å². The Kier molecular flexibility index (Phi) is 5.46. The average molecular weight is 356 g/mol. The smallest absolute Gasteiger partial charge is 0.272 e. The molecule has 6 nitrogen and oxygen atoms in total. The highest BCUT2D eigenvalue weighted by Crippen LogP contribution is 2.12. The Bertz CT molecular complexity index is 769. The Morgan fingerprint density at radius 2 is 1.69 bits per heavy atom. The van der Waals surface area contributed by atoms with Crippen LogP contribution in [0.2, 0.25) is 0 Å². The molecule has 1 aliphatic heterocycles. The molecule has 1 N–H and O–H groups in total. The standard InChI is InChI=1S/C19H21FN4O2/c1-14(25)23-8-10-24(11-9-23)19(26)18-7-6-17(13-22-18)21-12-15-2-4-16(20)5-3-15/h2-7,13,21H,8-12H2,1H3. The Balaban J connectivity index is 1.54. The van der Waals surface area contributed by atoms with E-state index in [0.29, 0.717) is 38.4 Å². The second-order valence-corrected chi connectivity index (χ2v) is 6.21. The Morgan fingerprint density at radius 3 is 2.27 bits per heavy atom. The Hall–Kier alpha value is -2.96. The Labute approximate surface area is 151 Å². The lowest BCUT2D eigenvalue weighted by atomic mass is 10.2. The van der Waals surface area contributed by atoms with E-state index < -0.39 is 0 Å². The van der Waals surface area contributed by atoms with Crippen LogP contribution in [0.15, 0.2) is 42.6 Å². The van der Waals surface area contributed by atoms with Crippen molar-refractivity contribution in [2.75, 3.05) is 31.5 Å². The van der Waals surface area contributed by atoms with Crippen LogP contribution < -0.4 is 5.32 Å². The minimum absolute atomic E-state index is 0.0341. The van der Waals surface area contributed by atoms with E-state index in [9.17, 15) is 14.0 Å². The van der Waals surface area contributed by atoms with Crippen molar-refractivity contribution >= 4 is 17.5 Å². The van der Waals surface area contributed by atoms with Gasteiger partial charge in [-0.1, -0.05) is 12.1 Å². The van der Waals surface area contributed by atoms with Crippen LogP contribution in [0, 0.1) is 5.82 Å². The summed E-state index contributed by atoms with van der Waals surface area (Å²) in [5.41, 5.74) is 2.12. The van der Waals surface area contributed by atoms with Gasteiger partial charge in [0.15, 0.2) is 0 Å². The third kappa shape index (κ3) is 4.36. The number of benzene rings is 1. The molecule has 2 aromatic rings. The molecule has 1 saturated heterocycles. The summed E-state index contributed by atoms with van der Waals surface area (Å²) in [5, 5.41) is 3.19. The third-order valence-corrected chi connectivity index (χ3v) is 4.40. The van der Waals surface area contributed by atoms with Crippen molar-refractivity contribution in [3.05, 3.63) is 59.7 Å². The molecule has 1 aromatic heterocycles. The summed E-state index contributed by atoms with van der Waals surface area (Å²) in [6.45, 7) is 4.23. The molecule has 1 aliphatic rings. The van der Waals surface area contributed by atoms with E-state index in [0.717, 1.165) is 11.3 Å². The fourth-order valence-corrected chi connectivity index (χ4v) is 2.82. The van der Waals surface area contributed by atoms with Gasteiger partial charge in [-0.3, -0.25) is 9.59 Å². The minimum atomic E-state index is -0.262. The first-order chi connectivity index (χ1) is 12.5. The second-order valence-electron chi connectivity index (χ2n) is 6.21. The highest BCUT2D eigenvalue weighted by atomic mass is 19.1. The summed E-state index contributed by atoms with van der Waals surface area (Å²) in [5.74, 6) is -0.354. The first-order valence-corrected chi connectivity index (χ1v) is 8.52. The lowest BCUT2D eigenvalue weighted by molar-refractivity contribution is -0.130. The summed E-state index contributed by atoms with van der Waals surface area (Å²) in [4.78, 5) is 31.5. The van der Waals surface area contributed by atoms with Gasteiger partial charge in [0.2, 0.25) is 5.91 Å². The van der Waals surface area contributed by atoms with Gasteiger partial charge in [-0.2, -0.15) is 0 Å². The van der Waals surface area contributed by atoms with Gasteiger partial charge >= 0.3 is 0 Å². The number of hydrogen-bond donors (Lipinski definition) is 1. The number of carbonyl (C=O) groups is 2. The van der Waals surface area contributed by atoms with Gasteiger partial charge in [0.05, 0.1) is 11.9 Å². The summed E-state index contributed by atoms with van der Waals surface area (Å²) in [6, 6.07) is 9.76. The molecule has 0 spiro atoms. The highest BCUT2D eigenvalue weighted by molar-refractivity contribution is 5.92. The zero-order valence-corrected chi connectivity index (χ0v) is 14.6. The van der Waals surface area contributed by atoms with Crippen LogP contribution in [0.5, 0.6) is 0 Å². The number of halogens is 1. The zero-order valence-electron chi connectivity index (χ0n) is 14.6. The summed E-state index contributed by atoms with van der Waals surface area (Å²) in [6.07, 6.45) is 1.61. The lowest BCUT2D eigenvalue weighted by Crippen LogP contribution is -2.50. The van der Waals surface area contributed by atoms with Crippen LogP contribution >= 0.6 is 0 Å². The van der Waals surface area contributed by atoms with Gasteiger partial charge in [0, 0.05) is 39.6 Å². The number of carbonyl (C=O) groups excluding carboxylic acids is 2. The predicted molar refractivity (Wildman–Crippen MR) is 96.1 cm³/mol. The third-order valence-electron chi connectivity index (χ3n) is 4.40. The molecule has 0 saturated carbocycles. The molecule has 0 radical (unpaired) electrons. The van der Waals surface area contributed by atoms with Crippen molar-refractivity contribution in [3.63, 3.8) is 0 Å². The maximum absolute atomic E-state index is 12.9. The van der Waals surface area contributed by atoms with Crippen molar-refractivity contribution in [1.82, 2.24) is 14.8 Å². The van der Waals surface area contributed by atoms with Crippen LogP contribution in [0.3, 0.4) is 0 Å². The van der Waals surface area contributed by atoms with E-state index in [1.807, 2.05) is 0 Å². The summed E-state index contributed by atoms with van der Waals surface area (Å²) >= 11 is 0. The number of amides is 2. The van der Waals surface area contributed by atoms with Crippen LogP contribution in [-0.2, 0) is 11.3 Å². The molecule has 0 bridgehead atoms. The molecule has 3 rings (SSSR count). The topological polar surface area (TPSA) is 65.5 Å². The van der Waals surface area contributed by atoms with E-state index in [2.05, 4.69) is 10.3 Å². The van der Waals surface area contributed by atoms with Crippen molar-refractivity contribution < 1.29 is 14.0 Å². The second kappa shape index (κ2) is 7.95. The Morgan fingerprint density at radius 1 is 1.04 bits per heavy atom. The quantitative estimate of drug-likeness (QED) is 0.912. The van der Waals surface area contributed by atoms with Crippen LogP contribution in [0.4, 0.5) is 10.1 Å². The van der Waals surface area contributed by atoms with E-state index in [1.165, 1.54) is 19.1 Å². The SMILES string of the molecule is CC(=O)N1CCN(C(=O)c2ccc(NCc3ccc(F)cc3)cn2)CC1. The molecule has 26 heavy (non-hydrogen) atoms. The molecule has 2 amide bonds. The van der Waals surface area contributed by atoms with E-state index in [4.69, 9.17) is 0 Å². The van der Waals surface area contributed by atoms with Gasteiger partial charge in [0.1, 0.15) is 11.5 Å². The van der Waals surface area contributed by atoms with Crippen molar-refractivity contribution in [2.45, 2.75) is 13.5 Å². The van der Waals surface area contributed by atoms with Gasteiger partial charge < -0.3 is 15.1 Å². The number of nitrogens with one attached hydrogen (secondary N) is 1. The maximum atomic E-state index is 12.9. The summed E-state index contributed by atoms with van der Waals surface area (Å²) < 4.78 is 12.9. The fourth-order valence-electron chi connectivity index (χ4n) is 2.82. The van der Waals surface area contributed by atoms with Gasteiger partial charge in [-0.25, -0.2) is 9.37 Å². The molecular formula is C19H21FN4O2. The maximum Gasteiger partial charge on any atom is 0.272 e. The van der Waals surface area contributed by atoms with E-state index in [-0.39, 0.29) is 17.6 Å². The molecule has 2 heterocycles. The van der Waals surface area contributed by atoms with Crippen LogP contribution in [0.1, 0.15) is 23.0 Å². The van der Waals surface area contributed by atoms with Crippen LogP contribution in [0.25, 0.3) is 0 Å².